The summed E-state index contributed by atoms with van der Waals surface area (Å²) in [6.45, 7) is 0. The van der Waals surface area contributed by atoms with Gasteiger partial charge in [-0.05, 0) is 18.2 Å². The van der Waals surface area contributed by atoms with Crippen molar-refractivity contribution in [3.8, 4) is 0 Å². The van der Waals surface area contributed by atoms with E-state index < -0.39 is 28.1 Å². The summed E-state index contributed by atoms with van der Waals surface area (Å²) in [6.07, 6.45) is -2.65. The average Bonchev–Trinajstić information content (AvgIpc) is 2.80. The Morgan fingerprint density at radius 1 is 1.30 bits per heavy atom. The smallest absolute Gasteiger partial charge is 0.475 e. The number of aromatic nitrogens is 2. The predicted molar refractivity (Wildman–Crippen MR) is 72.2 cm³/mol. The molecule has 1 amide bonds. The van der Waals surface area contributed by atoms with Crippen LogP contribution in [0.4, 0.5) is 13.2 Å². The number of fused-ring (bicyclic) bond motifs is 1. The van der Waals surface area contributed by atoms with Crippen molar-refractivity contribution >= 4 is 32.8 Å². The van der Waals surface area contributed by atoms with Crippen LogP contribution in [0, 0.1) is 0 Å². The van der Waals surface area contributed by atoms with Crippen LogP contribution in [0.3, 0.4) is 0 Å². The summed E-state index contributed by atoms with van der Waals surface area (Å²) >= 11 is 0. The van der Waals surface area contributed by atoms with Gasteiger partial charge in [0.05, 0.1) is 18.0 Å². The lowest BCUT2D eigenvalue weighted by atomic mass is 10.1. The van der Waals surface area contributed by atoms with Crippen LogP contribution in [0.2, 0.25) is 0 Å². The van der Waals surface area contributed by atoms with Crippen molar-refractivity contribution in [3.05, 3.63) is 30.0 Å². The number of carbonyl (C=O) groups excluding carboxylic acids is 1. The Labute approximate surface area is 127 Å². The summed E-state index contributed by atoms with van der Waals surface area (Å²) in [7, 11) is -3.43. The lowest BCUT2D eigenvalue weighted by Gasteiger charge is -2.00. The first-order valence-corrected chi connectivity index (χ1v) is 7.47. The zero-order valence-corrected chi connectivity index (χ0v) is 12.2. The number of rotatable bonds is 2. The Morgan fingerprint density at radius 2 is 1.83 bits per heavy atom. The van der Waals surface area contributed by atoms with E-state index >= 15 is 0 Å². The van der Waals surface area contributed by atoms with Crippen LogP contribution < -0.4 is 5.73 Å². The minimum absolute atomic E-state index is 0.320. The maximum absolute atomic E-state index is 11.3. The lowest BCUT2D eigenvalue weighted by molar-refractivity contribution is -0.192. The van der Waals surface area contributed by atoms with Crippen molar-refractivity contribution in [2.45, 2.75) is 6.18 Å². The topological polar surface area (TPSA) is 132 Å². The van der Waals surface area contributed by atoms with Gasteiger partial charge in [-0.25, -0.2) is 13.2 Å². The SMILES string of the molecule is CS(=O)(=O)n1ncc2cc(C(N)=O)ccc21.O=C(O)C(F)(F)F. The number of benzene rings is 1. The van der Waals surface area contributed by atoms with Crippen LogP contribution in [-0.4, -0.2) is 47.0 Å². The first kappa shape index (κ1) is 18.4. The van der Waals surface area contributed by atoms with E-state index in [0.29, 0.717) is 16.5 Å². The lowest BCUT2D eigenvalue weighted by Crippen LogP contribution is -2.21. The molecule has 0 unspecified atom stereocenters. The largest absolute Gasteiger partial charge is 0.490 e. The maximum Gasteiger partial charge on any atom is 0.490 e. The fourth-order valence-corrected chi connectivity index (χ4v) is 2.17. The van der Waals surface area contributed by atoms with E-state index in [1.54, 1.807) is 0 Å². The number of hydrogen-bond donors (Lipinski definition) is 2. The number of hydrogen-bond acceptors (Lipinski definition) is 5. The molecule has 0 saturated heterocycles. The van der Waals surface area contributed by atoms with E-state index in [0.717, 1.165) is 10.3 Å². The summed E-state index contributed by atoms with van der Waals surface area (Å²) in [6, 6.07) is 4.48. The zero-order valence-electron chi connectivity index (χ0n) is 11.4. The number of carboxylic acid groups (broad SMARTS) is 1. The van der Waals surface area contributed by atoms with Crippen LogP contribution >= 0.6 is 0 Å². The van der Waals surface area contributed by atoms with Gasteiger partial charge in [0, 0.05) is 10.9 Å². The predicted octanol–water partition coefficient (Wildman–Crippen LogP) is 0.576. The highest BCUT2D eigenvalue weighted by atomic mass is 32.2. The van der Waals surface area contributed by atoms with E-state index in [1.807, 2.05) is 0 Å². The number of nitrogens with two attached hydrogens (primary N) is 1. The Kier molecular flexibility index (Phi) is 5.00. The van der Waals surface area contributed by atoms with E-state index in [4.69, 9.17) is 15.6 Å². The Balaban J connectivity index is 0.000000322. The van der Waals surface area contributed by atoms with Gasteiger partial charge in [0.25, 0.3) is 10.0 Å². The number of halogens is 3. The Morgan fingerprint density at radius 3 is 2.22 bits per heavy atom. The fraction of sp³-hybridized carbons (Fsp3) is 0.182. The number of carboxylic acids is 1. The molecule has 0 bridgehead atoms. The Bertz CT molecular complexity index is 857. The molecule has 3 N–H and O–H groups in total. The van der Waals surface area contributed by atoms with Crippen LogP contribution in [0.25, 0.3) is 10.9 Å². The number of carbonyl (C=O) groups is 2. The van der Waals surface area contributed by atoms with E-state index in [9.17, 15) is 26.4 Å². The van der Waals surface area contributed by atoms with Gasteiger partial charge in [0.15, 0.2) is 0 Å². The number of amides is 1. The van der Waals surface area contributed by atoms with Gasteiger partial charge >= 0.3 is 12.1 Å². The molecule has 0 aliphatic heterocycles. The first-order valence-electron chi connectivity index (χ1n) is 5.62. The van der Waals surface area contributed by atoms with Crippen LogP contribution in [0.1, 0.15) is 10.4 Å². The molecule has 8 nitrogen and oxygen atoms in total. The van der Waals surface area contributed by atoms with Crippen molar-refractivity contribution in [1.82, 2.24) is 9.19 Å². The monoisotopic (exact) mass is 353 g/mol. The molecule has 0 atom stereocenters. The molecular weight excluding hydrogens is 343 g/mol. The zero-order chi connectivity index (χ0) is 18.0. The fourth-order valence-electron chi connectivity index (χ4n) is 1.43. The molecule has 0 aliphatic rings. The van der Waals surface area contributed by atoms with Crippen molar-refractivity contribution in [1.29, 1.82) is 0 Å². The summed E-state index contributed by atoms with van der Waals surface area (Å²) in [5, 5.41) is 11.4. The van der Waals surface area contributed by atoms with Crippen molar-refractivity contribution in [2.24, 2.45) is 5.73 Å². The Hall–Kier alpha value is -2.63. The van der Waals surface area contributed by atoms with Gasteiger partial charge in [0.2, 0.25) is 5.91 Å². The van der Waals surface area contributed by atoms with Crippen molar-refractivity contribution < 1.29 is 36.3 Å². The van der Waals surface area contributed by atoms with E-state index in [1.165, 1.54) is 24.4 Å². The van der Waals surface area contributed by atoms with Crippen LogP contribution in [0.15, 0.2) is 24.4 Å². The standard InChI is InChI=1S/C9H9N3O3S.C2HF3O2/c1-16(14,15)12-8-3-2-6(9(10)13)4-7(8)5-11-12;3-2(4,5)1(6)7/h2-5H,1H3,(H2,10,13);(H,6,7). The highest BCUT2D eigenvalue weighted by Crippen LogP contribution is 2.16. The third-order valence-electron chi connectivity index (χ3n) is 2.38. The second kappa shape index (κ2) is 6.24. The third-order valence-corrected chi connectivity index (χ3v) is 3.30. The van der Waals surface area contributed by atoms with Gasteiger partial charge in [-0.15, -0.1) is 0 Å². The summed E-state index contributed by atoms with van der Waals surface area (Å²) in [5.41, 5.74) is 5.86. The minimum atomic E-state index is -5.08. The quantitative estimate of drug-likeness (QED) is 0.811. The molecule has 0 saturated carbocycles. The number of alkyl halides is 3. The highest BCUT2D eigenvalue weighted by molar-refractivity contribution is 7.89. The number of primary amides is 1. The van der Waals surface area contributed by atoms with Gasteiger partial charge in [-0.3, -0.25) is 4.79 Å². The second-order valence-corrected chi connectivity index (χ2v) is 6.00. The molecule has 0 aliphatic carbocycles. The molecule has 1 aromatic carbocycles. The summed E-state index contributed by atoms with van der Waals surface area (Å²) in [5.74, 6) is -3.32. The molecule has 2 aromatic rings. The molecule has 12 heteroatoms. The van der Waals surface area contributed by atoms with Gasteiger partial charge < -0.3 is 10.8 Å². The summed E-state index contributed by atoms with van der Waals surface area (Å²) < 4.78 is 55.3. The highest BCUT2D eigenvalue weighted by Gasteiger charge is 2.38. The summed E-state index contributed by atoms with van der Waals surface area (Å²) in [4.78, 5) is 19.8. The molecule has 2 rings (SSSR count). The van der Waals surface area contributed by atoms with Gasteiger partial charge in [-0.2, -0.15) is 22.4 Å². The molecule has 0 radical (unpaired) electrons. The maximum atomic E-state index is 11.3. The average molecular weight is 353 g/mol. The third kappa shape index (κ3) is 4.67. The molecule has 0 spiro atoms. The van der Waals surface area contributed by atoms with Gasteiger partial charge in [0.1, 0.15) is 0 Å². The van der Waals surface area contributed by atoms with Crippen molar-refractivity contribution in [3.63, 3.8) is 0 Å². The van der Waals surface area contributed by atoms with Crippen LogP contribution in [-0.2, 0) is 14.8 Å². The minimum Gasteiger partial charge on any atom is -0.475 e. The van der Waals surface area contributed by atoms with Crippen LogP contribution in [0.5, 0.6) is 0 Å². The van der Waals surface area contributed by atoms with Gasteiger partial charge in [-0.1, -0.05) is 0 Å². The molecule has 1 heterocycles. The number of aliphatic carboxylic acids is 1. The number of nitrogens with zero attached hydrogens (tertiary/aromatic N) is 2. The normalized spacial score (nSPS) is 11.7. The first-order chi connectivity index (χ1) is 10.3. The van der Waals surface area contributed by atoms with E-state index in [2.05, 4.69) is 5.10 Å². The van der Waals surface area contributed by atoms with E-state index in [-0.39, 0.29) is 0 Å². The molecule has 0 fully saturated rings. The molecular formula is C11H10F3N3O5S. The molecule has 126 valence electrons. The van der Waals surface area contributed by atoms with Crippen molar-refractivity contribution in [2.75, 3.05) is 6.26 Å². The molecule has 1 aromatic heterocycles. The second-order valence-electron chi connectivity index (χ2n) is 4.19. The molecule has 23 heavy (non-hydrogen) atoms.